The highest BCUT2D eigenvalue weighted by atomic mass is 16.5. The van der Waals surface area contributed by atoms with Gasteiger partial charge in [0.05, 0.1) is 7.11 Å². The van der Waals surface area contributed by atoms with Gasteiger partial charge in [0.1, 0.15) is 0 Å². The first kappa shape index (κ1) is 12.2. The van der Waals surface area contributed by atoms with Gasteiger partial charge in [-0.15, -0.1) is 0 Å². The van der Waals surface area contributed by atoms with E-state index in [1.165, 1.54) is 31.5 Å². The van der Waals surface area contributed by atoms with Gasteiger partial charge < -0.3 is 9.84 Å². The number of benzene rings is 1. The van der Waals surface area contributed by atoms with Crippen LogP contribution < -0.4 is 4.74 Å². The Morgan fingerprint density at radius 1 is 1.47 bits per heavy atom. The van der Waals surface area contributed by atoms with Crippen molar-refractivity contribution in [1.82, 2.24) is 4.90 Å². The van der Waals surface area contributed by atoms with E-state index in [1.807, 2.05) is 12.1 Å². The van der Waals surface area contributed by atoms with Crippen molar-refractivity contribution in [3.63, 3.8) is 0 Å². The van der Waals surface area contributed by atoms with Crippen LogP contribution in [-0.4, -0.2) is 30.2 Å². The minimum atomic E-state index is 0.211. The maximum atomic E-state index is 9.54. The van der Waals surface area contributed by atoms with Crippen molar-refractivity contribution in [1.29, 1.82) is 0 Å². The van der Waals surface area contributed by atoms with Gasteiger partial charge in [-0.25, -0.2) is 0 Å². The number of hydrogen-bond acceptors (Lipinski definition) is 3. The molecule has 3 nitrogen and oxygen atoms in total. The number of piperidine rings is 1. The van der Waals surface area contributed by atoms with Crippen LogP contribution in [0.3, 0.4) is 0 Å². The number of rotatable bonds is 3. The number of aromatic hydroxyl groups is 1. The first-order valence-corrected chi connectivity index (χ1v) is 6.27. The molecule has 0 saturated carbocycles. The minimum Gasteiger partial charge on any atom is -0.504 e. The highest BCUT2D eigenvalue weighted by Gasteiger charge is 2.16. The molecule has 1 aromatic rings. The van der Waals surface area contributed by atoms with Crippen LogP contribution in [0.4, 0.5) is 0 Å². The Labute approximate surface area is 103 Å². The predicted molar refractivity (Wildman–Crippen MR) is 68.3 cm³/mol. The van der Waals surface area contributed by atoms with Crippen molar-refractivity contribution >= 4 is 0 Å². The summed E-state index contributed by atoms with van der Waals surface area (Å²) in [6.45, 7) is 5.60. The summed E-state index contributed by atoms with van der Waals surface area (Å²) < 4.78 is 5.13. The van der Waals surface area contributed by atoms with E-state index >= 15 is 0 Å². The topological polar surface area (TPSA) is 32.7 Å². The Bertz CT molecular complexity index is 378. The zero-order chi connectivity index (χ0) is 12.3. The van der Waals surface area contributed by atoms with Gasteiger partial charge in [-0.2, -0.15) is 0 Å². The quantitative estimate of drug-likeness (QED) is 0.874. The van der Waals surface area contributed by atoms with Crippen molar-refractivity contribution in [2.45, 2.75) is 26.3 Å². The summed E-state index contributed by atoms with van der Waals surface area (Å²) in [6.07, 6.45) is 2.63. The highest BCUT2D eigenvalue weighted by molar-refractivity contribution is 5.41. The van der Waals surface area contributed by atoms with Gasteiger partial charge >= 0.3 is 0 Å². The molecule has 0 amide bonds. The third-order valence-electron chi connectivity index (χ3n) is 3.39. The maximum Gasteiger partial charge on any atom is 0.160 e. The molecule has 17 heavy (non-hydrogen) atoms. The summed E-state index contributed by atoms with van der Waals surface area (Å²) in [5.74, 6) is 1.57. The average Bonchev–Trinajstić information content (AvgIpc) is 2.32. The molecule has 1 aliphatic rings. The van der Waals surface area contributed by atoms with Crippen LogP contribution in [0, 0.1) is 5.92 Å². The van der Waals surface area contributed by atoms with Gasteiger partial charge in [0.15, 0.2) is 11.5 Å². The van der Waals surface area contributed by atoms with E-state index in [4.69, 9.17) is 4.74 Å². The van der Waals surface area contributed by atoms with E-state index < -0.39 is 0 Å². The molecule has 1 saturated heterocycles. The van der Waals surface area contributed by atoms with Crippen LogP contribution in [0.15, 0.2) is 18.2 Å². The van der Waals surface area contributed by atoms with E-state index in [0.29, 0.717) is 5.75 Å². The Morgan fingerprint density at radius 3 is 3.00 bits per heavy atom. The average molecular weight is 235 g/mol. The first-order chi connectivity index (χ1) is 8.19. The molecule has 0 spiro atoms. The fourth-order valence-corrected chi connectivity index (χ4v) is 2.51. The molecule has 1 aromatic carbocycles. The zero-order valence-corrected chi connectivity index (χ0v) is 10.6. The summed E-state index contributed by atoms with van der Waals surface area (Å²) in [4.78, 5) is 2.47. The molecule has 0 aromatic heterocycles. The van der Waals surface area contributed by atoms with Crippen LogP contribution in [0.2, 0.25) is 0 Å². The van der Waals surface area contributed by atoms with Gasteiger partial charge in [0, 0.05) is 13.1 Å². The Kier molecular flexibility index (Phi) is 3.89. The summed E-state index contributed by atoms with van der Waals surface area (Å²) >= 11 is 0. The molecule has 1 unspecified atom stereocenters. The van der Waals surface area contributed by atoms with Crippen LogP contribution in [-0.2, 0) is 6.54 Å². The minimum absolute atomic E-state index is 0.211. The molecule has 0 bridgehead atoms. The summed E-state index contributed by atoms with van der Waals surface area (Å²) in [7, 11) is 1.59. The highest BCUT2D eigenvalue weighted by Crippen LogP contribution is 2.27. The molecule has 1 N–H and O–H groups in total. The number of ether oxygens (including phenoxy) is 1. The standard InChI is InChI=1S/C14H21NO2/c1-11-4-3-7-15(9-11)10-12-5-6-13(16)14(8-12)17-2/h5-6,8,11,16H,3-4,7,9-10H2,1-2H3. The summed E-state index contributed by atoms with van der Waals surface area (Å²) in [5, 5.41) is 9.54. The van der Waals surface area contributed by atoms with Crippen LogP contribution in [0.5, 0.6) is 11.5 Å². The molecule has 1 heterocycles. The molecular weight excluding hydrogens is 214 g/mol. The van der Waals surface area contributed by atoms with Crippen LogP contribution in [0.25, 0.3) is 0 Å². The van der Waals surface area contributed by atoms with Crippen molar-refractivity contribution in [2.24, 2.45) is 5.92 Å². The van der Waals surface area contributed by atoms with Gasteiger partial charge in [0.25, 0.3) is 0 Å². The molecule has 0 radical (unpaired) electrons. The molecule has 1 aliphatic heterocycles. The third-order valence-corrected chi connectivity index (χ3v) is 3.39. The fraction of sp³-hybridized carbons (Fsp3) is 0.571. The summed E-state index contributed by atoms with van der Waals surface area (Å²) in [5.41, 5.74) is 1.20. The van der Waals surface area contributed by atoms with E-state index in [9.17, 15) is 5.11 Å². The second-order valence-electron chi connectivity index (χ2n) is 4.99. The monoisotopic (exact) mass is 235 g/mol. The van der Waals surface area contributed by atoms with E-state index in [0.717, 1.165) is 12.5 Å². The number of nitrogens with zero attached hydrogens (tertiary/aromatic N) is 1. The molecular formula is C14H21NO2. The molecule has 1 atom stereocenters. The fourth-order valence-electron chi connectivity index (χ4n) is 2.51. The Balaban J connectivity index is 2.02. The largest absolute Gasteiger partial charge is 0.504 e. The molecule has 1 fully saturated rings. The number of phenols is 1. The summed E-state index contributed by atoms with van der Waals surface area (Å²) in [6, 6.07) is 5.60. The second kappa shape index (κ2) is 5.41. The Hall–Kier alpha value is -1.22. The SMILES string of the molecule is COc1cc(CN2CCCC(C)C2)ccc1O. The lowest BCUT2D eigenvalue weighted by Gasteiger charge is -2.30. The molecule has 0 aliphatic carbocycles. The van der Waals surface area contributed by atoms with E-state index in [-0.39, 0.29) is 5.75 Å². The predicted octanol–water partition coefficient (Wildman–Crippen LogP) is 2.63. The number of likely N-dealkylation sites (tertiary alicyclic amines) is 1. The Morgan fingerprint density at radius 2 is 2.29 bits per heavy atom. The van der Waals surface area contributed by atoms with Gasteiger partial charge in [-0.05, 0) is 43.0 Å². The molecule has 94 valence electrons. The van der Waals surface area contributed by atoms with Crippen molar-refractivity contribution < 1.29 is 9.84 Å². The third kappa shape index (κ3) is 3.13. The van der Waals surface area contributed by atoms with Gasteiger partial charge in [-0.1, -0.05) is 13.0 Å². The molecule has 2 rings (SSSR count). The number of phenolic OH excluding ortho intramolecular Hbond substituents is 1. The number of hydrogen-bond donors (Lipinski definition) is 1. The number of methoxy groups -OCH3 is 1. The van der Waals surface area contributed by atoms with Gasteiger partial charge in [0.2, 0.25) is 0 Å². The lowest BCUT2D eigenvalue weighted by atomic mass is 10.00. The van der Waals surface area contributed by atoms with Crippen molar-refractivity contribution in [3.8, 4) is 11.5 Å². The van der Waals surface area contributed by atoms with Gasteiger partial charge in [-0.3, -0.25) is 4.90 Å². The maximum absolute atomic E-state index is 9.54. The smallest absolute Gasteiger partial charge is 0.160 e. The van der Waals surface area contributed by atoms with Crippen LogP contribution >= 0.6 is 0 Å². The molecule has 3 heteroatoms. The van der Waals surface area contributed by atoms with Crippen LogP contribution in [0.1, 0.15) is 25.3 Å². The lowest BCUT2D eigenvalue weighted by Crippen LogP contribution is -2.33. The van der Waals surface area contributed by atoms with Crippen molar-refractivity contribution in [2.75, 3.05) is 20.2 Å². The van der Waals surface area contributed by atoms with E-state index in [1.54, 1.807) is 13.2 Å². The lowest BCUT2D eigenvalue weighted by molar-refractivity contribution is 0.176. The normalized spacial score (nSPS) is 21.4. The second-order valence-corrected chi connectivity index (χ2v) is 4.99. The van der Waals surface area contributed by atoms with Crippen molar-refractivity contribution in [3.05, 3.63) is 23.8 Å². The first-order valence-electron chi connectivity index (χ1n) is 6.27. The zero-order valence-electron chi connectivity index (χ0n) is 10.6. The van der Waals surface area contributed by atoms with E-state index in [2.05, 4.69) is 11.8 Å².